The zero-order valence-corrected chi connectivity index (χ0v) is 13.5. The van der Waals surface area contributed by atoms with E-state index in [1.165, 1.54) is 6.07 Å². The Labute approximate surface area is 141 Å². The molecule has 2 rings (SSSR count). The molecule has 1 heterocycles. The lowest BCUT2D eigenvalue weighted by molar-refractivity contribution is -0.141. The summed E-state index contributed by atoms with van der Waals surface area (Å²) in [6.07, 6.45) is -4.18. The molecule has 0 spiro atoms. The Morgan fingerprint density at radius 1 is 1.42 bits per heavy atom. The molecule has 0 bridgehead atoms. The van der Waals surface area contributed by atoms with E-state index in [-0.39, 0.29) is 12.2 Å². The van der Waals surface area contributed by atoms with Crippen LogP contribution >= 0.6 is 11.6 Å². The number of carbonyl (C=O) groups excluding carboxylic acids is 1. The SMILES string of the molecule is CC(C(=O)Nc1ccc(Cl)c(C(F)(F)F)c1)N1CCC(C(=O)O)C1. The maximum Gasteiger partial charge on any atom is 0.417 e. The van der Waals surface area contributed by atoms with Crippen LogP contribution in [0.25, 0.3) is 0 Å². The lowest BCUT2D eigenvalue weighted by Gasteiger charge is -2.23. The highest BCUT2D eigenvalue weighted by molar-refractivity contribution is 6.31. The first-order valence-electron chi connectivity index (χ1n) is 7.24. The topological polar surface area (TPSA) is 69.6 Å². The molecule has 1 saturated heterocycles. The normalized spacial score (nSPS) is 20.0. The minimum absolute atomic E-state index is 0.0162. The van der Waals surface area contributed by atoms with Crippen molar-refractivity contribution in [3.63, 3.8) is 0 Å². The summed E-state index contributed by atoms with van der Waals surface area (Å²) in [7, 11) is 0. The van der Waals surface area contributed by atoms with Crippen LogP contribution in [0.5, 0.6) is 0 Å². The van der Waals surface area contributed by atoms with E-state index in [0.717, 1.165) is 12.1 Å². The molecular weight excluding hydrogens is 349 g/mol. The van der Waals surface area contributed by atoms with Crippen LogP contribution in [0.15, 0.2) is 18.2 Å². The van der Waals surface area contributed by atoms with E-state index in [9.17, 15) is 22.8 Å². The van der Waals surface area contributed by atoms with Crippen LogP contribution in [0.2, 0.25) is 5.02 Å². The van der Waals surface area contributed by atoms with Crippen molar-refractivity contribution in [1.82, 2.24) is 4.90 Å². The fourth-order valence-electron chi connectivity index (χ4n) is 2.57. The summed E-state index contributed by atoms with van der Waals surface area (Å²) in [6.45, 7) is 2.26. The van der Waals surface area contributed by atoms with Gasteiger partial charge in [-0.2, -0.15) is 13.2 Å². The van der Waals surface area contributed by atoms with Crippen molar-refractivity contribution in [2.24, 2.45) is 5.92 Å². The van der Waals surface area contributed by atoms with E-state index in [2.05, 4.69) is 5.32 Å². The zero-order chi connectivity index (χ0) is 18.1. The molecule has 0 saturated carbocycles. The maximum absolute atomic E-state index is 12.8. The van der Waals surface area contributed by atoms with Gasteiger partial charge in [0, 0.05) is 12.2 Å². The first kappa shape index (κ1) is 18.5. The second-order valence-electron chi connectivity index (χ2n) is 5.68. The molecule has 24 heavy (non-hydrogen) atoms. The molecule has 1 aliphatic heterocycles. The van der Waals surface area contributed by atoms with Crippen molar-refractivity contribution in [3.05, 3.63) is 28.8 Å². The molecule has 1 aliphatic rings. The fourth-order valence-corrected chi connectivity index (χ4v) is 2.80. The van der Waals surface area contributed by atoms with E-state index >= 15 is 0 Å². The predicted octanol–water partition coefficient (Wildman–Crippen LogP) is 3.09. The third-order valence-electron chi connectivity index (χ3n) is 4.04. The summed E-state index contributed by atoms with van der Waals surface area (Å²) < 4.78 is 38.5. The number of carboxylic acids is 1. The highest BCUT2D eigenvalue weighted by Crippen LogP contribution is 2.36. The number of alkyl halides is 3. The van der Waals surface area contributed by atoms with Crippen LogP contribution in [0.3, 0.4) is 0 Å². The number of aliphatic carboxylic acids is 1. The molecule has 9 heteroatoms. The average molecular weight is 365 g/mol. The number of hydrogen-bond donors (Lipinski definition) is 2. The molecule has 0 radical (unpaired) electrons. The van der Waals surface area contributed by atoms with Crippen LogP contribution in [-0.2, 0) is 15.8 Å². The second-order valence-corrected chi connectivity index (χ2v) is 6.08. The number of anilines is 1. The van der Waals surface area contributed by atoms with Crippen LogP contribution in [0.4, 0.5) is 18.9 Å². The molecular formula is C15H16ClF3N2O3. The molecule has 1 fully saturated rings. The number of nitrogens with one attached hydrogen (secondary N) is 1. The molecule has 5 nitrogen and oxygen atoms in total. The van der Waals surface area contributed by atoms with Crippen molar-refractivity contribution in [1.29, 1.82) is 0 Å². The minimum Gasteiger partial charge on any atom is -0.481 e. The quantitative estimate of drug-likeness (QED) is 0.861. The largest absolute Gasteiger partial charge is 0.481 e. The van der Waals surface area contributed by atoms with Gasteiger partial charge in [0.1, 0.15) is 0 Å². The number of amides is 1. The van der Waals surface area contributed by atoms with E-state index in [0.29, 0.717) is 13.0 Å². The number of nitrogens with zero attached hydrogens (tertiary/aromatic N) is 1. The molecule has 2 N–H and O–H groups in total. The van der Waals surface area contributed by atoms with Gasteiger partial charge >= 0.3 is 12.1 Å². The molecule has 132 valence electrons. The second kappa shape index (κ2) is 6.98. The summed E-state index contributed by atoms with van der Waals surface area (Å²) in [5.74, 6) is -1.96. The van der Waals surface area contributed by atoms with Crippen LogP contribution in [-0.4, -0.2) is 41.0 Å². The average Bonchev–Trinajstić information content (AvgIpc) is 2.97. The third kappa shape index (κ3) is 4.18. The first-order chi connectivity index (χ1) is 11.1. The number of rotatable bonds is 4. The highest BCUT2D eigenvalue weighted by atomic mass is 35.5. The van der Waals surface area contributed by atoms with Gasteiger partial charge in [-0.1, -0.05) is 11.6 Å². The van der Waals surface area contributed by atoms with Gasteiger partial charge in [-0.3, -0.25) is 14.5 Å². The Morgan fingerprint density at radius 3 is 2.62 bits per heavy atom. The van der Waals surface area contributed by atoms with Crippen molar-refractivity contribution in [2.45, 2.75) is 25.6 Å². The predicted molar refractivity (Wildman–Crippen MR) is 81.9 cm³/mol. The Balaban J connectivity index is 2.06. The molecule has 2 unspecified atom stereocenters. The maximum atomic E-state index is 12.8. The monoisotopic (exact) mass is 364 g/mol. The number of carbonyl (C=O) groups is 2. The molecule has 1 aromatic rings. The number of benzene rings is 1. The lowest BCUT2D eigenvalue weighted by atomic mass is 10.1. The Morgan fingerprint density at radius 2 is 2.08 bits per heavy atom. The summed E-state index contributed by atoms with van der Waals surface area (Å²) in [4.78, 5) is 24.8. The Hall–Kier alpha value is -1.80. The number of hydrogen-bond acceptors (Lipinski definition) is 3. The van der Waals surface area contributed by atoms with Crippen molar-refractivity contribution >= 4 is 29.2 Å². The van der Waals surface area contributed by atoms with Gasteiger partial charge in [0.2, 0.25) is 5.91 Å². The summed E-state index contributed by atoms with van der Waals surface area (Å²) in [5, 5.41) is 10.9. The van der Waals surface area contributed by atoms with Crippen molar-refractivity contribution in [3.8, 4) is 0 Å². The fraction of sp³-hybridized carbons (Fsp3) is 0.467. The Kier molecular flexibility index (Phi) is 5.39. The molecule has 1 amide bonds. The zero-order valence-electron chi connectivity index (χ0n) is 12.7. The first-order valence-corrected chi connectivity index (χ1v) is 7.62. The number of halogens is 4. The van der Waals surface area contributed by atoms with Crippen LogP contribution in [0, 0.1) is 5.92 Å². The van der Waals surface area contributed by atoms with Gasteiger partial charge < -0.3 is 10.4 Å². The van der Waals surface area contributed by atoms with Gasteiger partial charge in [0.25, 0.3) is 0 Å². The van der Waals surface area contributed by atoms with Gasteiger partial charge in [-0.25, -0.2) is 0 Å². The number of carboxylic acid groups (broad SMARTS) is 1. The summed E-state index contributed by atoms with van der Waals surface area (Å²) in [6, 6.07) is 2.48. The minimum atomic E-state index is -4.62. The van der Waals surface area contributed by atoms with Crippen LogP contribution in [0.1, 0.15) is 18.9 Å². The van der Waals surface area contributed by atoms with Gasteiger partial charge in [-0.05, 0) is 38.1 Å². The molecule has 1 aromatic carbocycles. The van der Waals surface area contributed by atoms with E-state index in [1.807, 2.05) is 0 Å². The molecule has 0 aromatic heterocycles. The standard InChI is InChI=1S/C15H16ClF3N2O3/c1-8(21-5-4-9(7-21)14(23)24)13(22)20-10-2-3-12(16)11(6-10)15(17,18)19/h2-3,6,8-9H,4-5,7H2,1H3,(H,20,22)(H,23,24). The van der Waals surface area contributed by atoms with E-state index in [4.69, 9.17) is 16.7 Å². The lowest BCUT2D eigenvalue weighted by Crippen LogP contribution is -2.41. The Bertz CT molecular complexity index is 651. The third-order valence-corrected chi connectivity index (χ3v) is 4.36. The van der Waals surface area contributed by atoms with Gasteiger partial charge in [0.15, 0.2) is 0 Å². The number of likely N-dealkylation sites (tertiary alicyclic amines) is 1. The van der Waals surface area contributed by atoms with Crippen molar-refractivity contribution in [2.75, 3.05) is 18.4 Å². The van der Waals surface area contributed by atoms with E-state index < -0.39 is 40.6 Å². The highest BCUT2D eigenvalue weighted by Gasteiger charge is 2.35. The molecule has 2 atom stereocenters. The summed E-state index contributed by atoms with van der Waals surface area (Å²) in [5.41, 5.74) is -1.04. The van der Waals surface area contributed by atoms with Crippen molar-refractivity contribution < 1.29 is 27.9 Å². The van der Waals surface area contributed by atoms with E-state index in [1.54, 1.807) is 11.8 Å². The summed E-state index contributed by atoms with van der Waals surface area (Å²) >= 11 is 5.53. The molecule has 0 aliphatic carbocycles. The van der Waals surface area contributed by atoms with Crippen LogP contribution < -0.4 is 5.32 Å². The smallest absolute Gasteiger partial charge is 0.417 e. The van der Waals surface area contributed by atoms with Gasteiger partial charge in [0.05, 0.1) is 22.5 Å². The van der Waals surface area contributed by atoms with Gasteiger partial charge in [-0.15, -0.1) is 0 Å².